The zero-order chi connectivity index (χ0) is 15.2. The molecule has 0 aliphatic heterocycles. The molecule has 0 saturated carbocycles. The molecule has 0 rings (SSSR count). The van der Waals surface area contributed by atoms with E-state index in [2.05, 4.69) is 55.4 Å². The maximum absolute atomic E-state index is 2.56. The molecule has 0 unspecified atom stereocenters. The molecule has 19 heavy (non-hydrogen) atoms. The summed E-state index contributed by atoms with van der Waals surface area (Å²) in [4.78, 5) is 0. The van der Waals surface area contributed by atoms with Crippen molar-refractivity contribution >= 4 is 18.4 Å². The standard InChI is InChI=1S/2C5H11.2C4H9.Sn/c2*1-3-5-4-2;2*1-4(2)3;/h2*1,3-5H2,2H3;2*1-3H3;. The van der Waals surface area contributed by atoms with Crippen molar-refractivity contribution in [1.82, 2.24) is 0 Å². The molecule has 0 bridgehead atoms. The zero-order valence-electron chi connectivity index (χ0n) is 15.2. The Kier molecular flexibility index (Phi) is 8.64. The van der Waals surface area contributed by atoms with E-state index >= 15 is 0 Å². The summed E-state index contributed by atoms with van der Waals surface area (Å²) in [5.74, 6) is 0. The predicted molar refractivity (Wildman–Crippen MR) is 93.8 cm³/mol. The fraction of sp³-hybridized carbons (Fsp3) is 1.00. The van der Waals surface area contributed by atoms with E-state index < -0.39 is 18.4 Å². The van der Waals surface area contributed by atoms with E-state index in [-0.39, 0.29) is 0 Å². The Morgan fingerprint density at radius 1 is 0.579 bits per heavy atom. The molecule has 0 N–H and O–H groups in total. The van der Waals surface area contributed by atoms with Crippen LogP contribution < -0.4 is 0 Å². The monoisotopic (exact) mass is 376 g/mol. The first-order valence-electron chi connectivity index (χ1n) is 8.62. The number of hydrogen-bond acceptors (Lipinski definition) is 0. The molecule has 0 spiro atoms. The molecule has 0 radical (unpaired) electrons. The van der Waals surface area contributed by atoms with Crippen LogP contribution >= 0.6 is 0 Å². The molecule has 0 nitrogen and oxygen atoms in total. The Bertz CT molecular complexity index is 203. The summed E-state index contributed by atoms with van der Waals surface area (Å²) >= 11 is -2.17. The molecular weight excluding hydrogens is 335 g/mol. The van der Waals surface area contributed by atoms with Gasteiger partial charge in [0.2, 0.25) is 0 Å². The van der Waals surface area contributed by atoms with Crippen molar-refractivity contribution in [2.75, 3.05) is 0 Å². The van der Waals surface area contributed by atoms with E-state index in [0.717, 1.165) is 0 Å². The Hall–Kier alpha value is 0.799. The Morgan fingerprint density at radius 2 is 0.895 bits per heavy atom. The molecular formula is C18H40Sn. The molecule has 1 heteroatoms. The fourth-order valence-corrected chi connectivity index (χ4v) is 24.7. The summed E-state index contributed by atoms with van der Waals surface area (Å²) in [7, 11) is 0. The summed E-state index contributed by atoms with van der Waals surface area (Å²) in [5.41, 5.74) is 0. The normalized spacial score (nSPS) is 13.9. The molecule has 0 saturated heterocycles. The van der Waals surface area contributed by atoms with E-state index in [1.165, 1.54) is 38.5 Å². The molecule has 0 fully saturated rings. The van der Waals surface area contributed by atoms with Gasteiger partial charge in [-0.2, -0.15) is 0 Å². The van der Waals surface area contributed by atoms with Gasteiger partial charge < -0.3 is 0 Å². The van der Waals surface area contributed by atoms with E-state index in [1.807, 2.05) is 0 Å². The van der Waals surface area contributed by atoms with Crippen molar-refractivity contribution in [3.05, 3.63) is 0 Å². The fourth-order valence-electron chi connectivity index (χ4n) is 4.10. The van der Waals surface area contributed by atoms with Gasteiger partial charge in [0.05, 0.1) is 0 Å². The molecule has 0 aliphatic carbocycles. The van der Waals surface area contributed by atoms with Crippen molar-refractivity contribution in [2.45, 2.75) is 110 Å². The Morgan fingerprint density at radius 3 is 1.11 bits per heavy atom. The van der Waals surface area contributed by atoms with Crippen LogP contribution in [0.1, 0.15) is 93.9 Å². The predicted octanol–water partition coefficient (Wildman–Crippen LogP) is 7.42. The van der Waals surface area contributed by atoms with Gasteiger partial charge in [0.1, 0.15) is 0 Å². The third kappa shape index (κ3) is 5.59. The van der Waals surface area contributed by atoms with E-state index in [9.17, 15) is 0 Å². The van der Waals surface area contributed by atoms with Crippen LogP contribution in [-0.2, 0) is 0 Å². The van der Waals surface area contributed by atoms with Crippen LogP contribution in [0.15, 0.2) is 0 Å². The maximum atomic E-state index is 2.56. The van der Waals surface area contributed by atoms with Gasteiger partial charge in [-0.05, 0) is 0 Å². The zero-order valence-corrected chi connectivity index (χ0v) is 18.0. The van der Waals surface area contributed by atoms with E-state index in [1.54, 1.807) is 8.87 Å². The average Bonchev–Trinajstić information content (AvgIpc) is 2.24. The Balaban J connectivity index is 5.11. The van der Waals surface area contributed by atoms with Crippen molar-refractivity contribution in [1.29, 1.82) is 0 Å². The average molecular weight is 375 g/mol. The Labute approximate surface area is 128 Å². The van der Waals surface area contributed by atoms with Crippen LogP contribution in [0.5, 0.6) is 0 Å². The summed E-state index contributed by atoms with van der Waals surface area (Å²) in [6.45, 7) is 20.0. The van der Waals surface area contributed by atoms with Crippen molar-refractivity contribution < 1.29 is 0 Å². The van der Waals surface area contributed by atoms with Gasteiger partial charge in [-0.25, -0.2) is 0 Å². The molecule has 0 aliphatic rings. The topological polar surface area (TPSA) is 0 Å². The van der Waals surface area contributed by atoms with Gasteiger partial charge in [0, 0.05) is 0 Å². The third-order valence-electron chi connectivity index (χ3n) is 5.29. The van der Waals surface area contributed by atoms with E-state index in [4.69, 9.17) is 0 Å². The second kappa shape index (κ2) is 8.29. The second-order valence-electron chi connectivity index (χ2n) is 8.50. The van der Waals surface area contributed by atoms with Crippen molar-refractivity contribution in [3.8, 4) is 0 Å². The van der Waals surface area contributed by atoms with Gasteiger partial charge in [-0.1, -0.05) is 0 Å². The number of hydrogen-bond donors (Lipinski definition) is 0. The first-order valence-corrected chi connectivity index (χ1v) is 15.5. The molecule has 0 amide bonds. The van der Waals surface area contributed by atoms with Crippen LogP contribution in [0.2, 0.25) is 15.7 Å². The van der Waals surface area contributed by atoms with E-state index in [0.29, 0.717) is 6.86 Å². The third-order valence-corrected chi connectivity index (χ3v) is 28.6. The van der Waals surface area contributed by atoms with Crippen LogP contribution in [-0.4, -0.2) is 18.4 Å². The van der Waals surface area contributed by atoms with Gasteiger partial charge >= 0.3 is 128 Å². The molecule has 0 heterocycles. The summed E-state index contributed by atoms with van der Waals surface area (Å²) < 4.78 is 4.43. The quantitative estimate of drug-likeness (QED) is 0.306. The summed E-state index contributed by atoms with van der Waals surface area (Å²) in [6.07, 6.45) is 8.61. The molecule has 0 aromatic heterocycles. The number of unbranched alkanes of at least 4 members (excludes halogenated alkanes) is 4. The van der Waals surface area contributed by atoms with Crippen LogP contribution in [0.3, 0.4) is 0 Å². The van der Waals surface area contributed by atoms with Crippen molar-refractivity contribution in [3.63, 3.8) is 0 Å². The summed E-state index contributed by atoms with van der Waals surface area (Å²) in [6, 6.07) is 0. The molecule has 116 valence electrons. The van der Waals surface area contributed by atoms with Gasteiger partial charge in [0.25, 0.3) is 0 Å². The van der Waals surface area contributed by atoms with Gasteiger partial charge in [-0.3, -0.25) is 0 Å². The van der Waals surface area contributed by atoms with Crippen LogP contribution in [0.25, 0.3) is 0 Å². The first-order chi connectivity index (χ1) is 8.62. The molecule has 0 aromatic carbocycles. The molecule has 0 atom stereocenters. The molecule has 0 aromatic rings. The second-order valence-corrected chi connectivity index (χ2v) is 26.1. The summed E-state index contributed by atoms with van der Waals surface area (Å²) in [5, 5.41) is 0. The van der Waals surface area contributed by atoms with Gasteiger partial charge in [-0.15, -0.1) is 0 Å². The van der Waals surface area contributed by atoms with Crippen LogP contribution in [0.4, 0.5) is 0 Å². The minimum atomic E-state index is -2.17. The first kappa shape index (κ1) is 19.8. The number of rotatable bonds is 8. The SMILES string of the molecule is CCCC[CH2][Sn]([CH2]CCCC)([C](C)(C)C)[C](C)(C)C. The van der Waals surface area contributed by atoms with Crippen molar-refractivity contribution in [2.24, 2.45) is 0 Å². The van der Waals surface area contributed by atoms with Gasteiger partial charge in [0.15, 0.2) is 0 Å². The van der Waals surface area contributed by atoms with Crippen LogP contribution in [0, 0.1) is 0 Å². The minimum absolute atomic E-state index is 0.606.